The van der Waals surface area contributed by atoms with E-state index in [4.69, 9.17) is 0 Å². The third kappa shape index (κ3) is 3.05. The van der Waals surface area contributed by atoms with Gasteiger partial charge in [-0.25, -0.2) is 0 Å². The Balaban J connectivity index is 2.21. The van der Waals surface area contributed by atoms with Crippen LogP contribution in [0.2, 0.25) is 0 Å². The molecule has 17 heavy (non-hydrogen) atoms. The highest BCUT2D eigenvalue weighted by molar-refractivity contribution is 9.10. The first kappa shape index (κ1) is 13.0. The Bertz CT molecular complexity index is 435. The van der Waals surface area contributed by atoms with Gasteiger partial charge in [0.25, 0.3) is 5.91 Å². The lowest BCUT2D eigenvalue weighted by molar-refractivity contribution is 0.0682. The highest BCUT2D eigenvalue weighted by atomic mass is 79.9. The van der Waals surface area contributed by atoms with E-state index in [1.165, 1.54) is 6.42 Å². The van der Waals surface area contributed by atoms with Gasteiger partial charge in [-0.15, -0.1) is 12.6 Å². The minimum absolute atomic E-state index is 0.110. The lowest BCUT2D eigenvalue weighted by atomic mass is 9.99. The van der Waals surface area contributed by atoms with Gasteiger partial charge < -0.3 is 4.90 Å². The van der Waals surface area contributed by atoms with Gasteiger partial charge in [-0.1, -0.05) is 6.92 Å². The Hall–Kier alpha value is -0.480. The summed E-state index contributed by atoms with van der Waals surface area (Å²) in [6, 6.07) is 5.58. The Morgan fingerprint density at radius 2 is 2.29 bits per heavy atom. The van der Waals surface area contributed by atoms with E-state index in [1.807, 2.05) is 23.1 Å². The highest BCUT2D eigenvalue weighted by Gasteiger charge is 2.23. The number of hydrogen-bond acceptors (Lipinski definition) is 2. The quantitative estimate of drug-likeness (QED) is 0.785. The number of amides is 1. The average Bonchev–Trinajstić information content (AvgIpc) is 2.31. The lowest BCUT2D eigenvalue weighted by Crippen LogP contribution is -2.39. The van der Waals surface area contributed by atoms with Crippen molar-refractivity contribution in [2.24, 2.45) is 5.92 Å². The number of hydrogen-bond donors (Lipinski definition) is 1. The van der Waals surface area contributed by atoms with Crippen LogP contribution in [0.4, 0.5) is 0 Å². The molecule has 2 rings (SSSR count). The van der Waals surface area contributed by atoms with Crippen LogP contribution >= 0.6 is 28.6 Å². The third-order valence-electron chi connectivity index (χ3n) is 3.12. The van der Waals surface area contributed by atoms with Crippen LogP contribution in [0.15, 0.2) is 27.6 Å². The fourth-order valence-corrected chi connectivity index (χ4v) is 2.84. The molecule has 0 saturated carbocycles. The van der Waals surface area contributed by atoms with E-state index in [0.717, 1.165) is 28.9 Å². The van der Waals surface area contributed by atoms with Crippen LogP contribution < -0.4 is 0 Å². The van der Waals surface area contributed by atoms with Gasteiger partial charge in [-0.2, -0.15) is 0 Å². The Morgan fingerprint density at radius 3 is 3.00 bits per heavy atom. The summed E-state index contributed by atoms with van der Waals surface area (Å²) in [4.78, 5) is 15.1. The van der Waals surface area contributed by atoms with Crippen molar-refractivity contribution in [1.29, 1.82) is 0 Å². The van der Waals surface area contributed by atoms with Crippen LogP contribution in [0, 0.1) is 5.92 Å². The summed E-state index contributed by atoms with van der Waals surface area (Å²) in [5.74, 6) is 0.713. The molecule has 1 fully saturated rings. The molecule has 92 valence electrons. The van der Waals surface area contributed by atoms with Gasteiger partial charge in [-0.3, -0.25) is 4.79 Å². The van der Waals surface area contributed by atoms with Gasteiger partial charge in [0.05, 0.1) is 5.56 Å². The van der Waals surface area contributed by atoms with Crippen molar-refractivity contribution in [1.82, 2.24) is 4.90 Å². The largest absolute Gasteiger partial charge is 0.338 e. The minimum atomic E-state index is 0.110. The van der Waals surface area contributed by atoms with Crippen LogP contribution in [-0.2, 0) is 0 Å². The third-order valence-corrected chi connectivity index (χ3v) is 4.09. The van der Waals surface area contributed by atoms with E-state index < -0.39 is 0 Å². The topological polar surface area (TPSA) is 20.3 Å². The number of piperidine rings is 1. The minimum Gasteiger partial charge on any atom is -0.338 e. The SMILES string of the molecule is CC1CCCN(C(=O)c2cc(S)ccc2Br)C1. The van der Waals surface area contributed by atoms with Gasteiger partial charge in [0, 0.05) is 22.5 Å². The standard InChI is InChI=1S/C13H16BrNOS/c1-9-3-2-6-15(8-9)13(16)11-7-10(17)4-5-12(11)14/h4-5,7,9,17H,2-3,6,8H2,1H3. The van der Waals surface area contributed by atoms with Crippen LogP contribution in [-0.4, -0.2) is 23.9 Å². The molecular formula is C13H16BrNOS. The summed E-state index contributed by atoms with van der Waals surface area (Å²) in [7, 11) is 0. The molecule has 0 N–H and O–H groups in total. The number of nitrogens with zero attached hydrogens (tertiary/aromatic N) is 1. The molecule has 1 aromatic rings. The maximum Gasteiger partial charge on any atom is 0.255 e. The van der Waals surface area contributed by atoms with E-state index in [-0.39, 0.29) is 5.91 Å². The zero-order valence-electron chi connectivity index (χ0n) is 9.82. The summed E-state index contributed by atoms with van der Waals surface area (Å²) in [5, 5.41) is 0. The molecule has 1 heterocycles. The van der Waals surface area contributed by atoms with Gasteiger partial charge in [0.2, 0.25) is 0 Å². The summed E-state index contributed by atoms with van der Waals surface area (Å²) >= 11 is 7.72. The van der Waals surface area contributed by atoms with Gasteiger partial charge in [-0.05, 0) is 52.9 Å². The fourth-order valence-electron chi connectivity index (χ4n) is 2.22. The van der Waals surface area contributed by atoms with Gasteiger partial charge >= 0.3 is 0 Å². The smallest absolute Gasteiger partial charge is 0.255 e. The van der Waals surface area contributed by atoms with Crippen molar-refractivity contribution >= 4 is 34.5 Å². The second kappa shape index (κ2) is 5.44. The van der Waals surface area contributed by atoms with E-state index in [0.29, 0.717) is 11.5 Å². The number of likely N-dealkylation sites (tertiary alicyclic amines) is 1. The fraction of sp³-hybridized carbons (Fsp3) is 0.462. The van der Waals surface area contributed by atoms with Crippen LogP contribution in [0.5, 0.6) is 0 Å². The molecule has 2 nitrogen and oxygen atoms in total. The first-order chi connectivity index (χ1) is 8.08. The maximum atomic E-state index is 12.4. The second-order valence-corrected chi connectivity index (χ2v) is 6.03. The second-order valence-electron chi connectivity index (χ2n) is 4.66. The Labute approximate surface area is 116 Å². The molecule has 1 atom stereocenters. The van der Waals surface area contributed by atoms with Crippen LogP contribution in [0.1, 0.15) is 30.1 Å². The summed E-state index contributed by atoms with van der Waals surface area (Å²) in [6.45, 7) is 3.93. The highest BCUT2D eigenvalue weighted by Crippen LogP contribution is 2.24. The molecule has 1 aliphatic heterocycles. The normalized spacial score (nSPS) is 20.4. The first-order valence-corrected chi connectivity index (χ1v) is 7.09. The molecule has 0 aliphatic carbocycles. The number of thiol groups is 1. The molecule has 1 aromatic carbocycles. The molecule has 1 aliphatic rings. The number of benzene rings is 1. The predicted octanol–water partition coefficient (Wildman–Crippen LogP) is 3.61. The maximum absolute atomic E-state index is 12.4. The number of carbonyl (C=O) groups is 1. The molecule has 4 heteroatoms. The number of halogens is 1. The summed E-state index contributed by atoms with van der Waals surface area (Å²) in [5.41, 5.74) is 0.714. The molecule has 0 aromatic heterocycles. The lowest BCUT2D eigenvalue weighted by Gasteiger charge is -2.31. The molecule has 1 saturated heterocycles. The summed E-state index contributed by atoms with van der Waals surface area (Å²) in [6.07, 6.45) is 2.32. The monoisotopic (exact) mass is 313 g/mol. The zero-order chi connectivity index (χ0) is 12.4. The van der Waals surface area contributed by atoms with Gasteiger partial charge in [0.15, 0.2) is 0 Å². The van der Waals surface area contributed by atoms with Crippen molar-refractivity contribution in [3.8, 4) is 0 Å². The molecule has 0 bridgehead atoms. The van der Waals surface area contributed by atoms with E-state index in [2.05, 4.69) is 35.5 Å². The summed E-state index contributed by atoms with van der Waals surface area (Å²) < 4.78 is 0.846. The van der Waals surface area contributed by atoms with Crippen molar-refractivity contribution in [3.63, 3.8) is 0 Å². The predicted molar refractivity (Wildman–Crippen MR) is 75.7 cm³/mol. The number of carbonyl (C=O) groups excluding carboxylic acids is 1. The number of rotatable bonds is 1. The molecule has 0 radical (unpaired) electrons. The molecule has 1 unspecified atom stereocenters. The zero-order valence-corrected chi connectivity index (χ0v) is 12.3. The molecular weight excluding hydrogens is 298 g/mol. The van der Waals surface area contributed by atoms with Crippen molar-refractivity contribution in [3.05, 3.63) is 28.2 Å². The first-order valence-electron chi connectivity index (χ1n) is 5.85. The molecule has 1 amide bonds. The van der Waals surface area contributed by atoms with Gasteiger partial charge in [0.1, 0.15) is 0 Å². The van der Waals surface area contributed by atoms with E-state index >= 15 is 0 Å². The average molecular weight is 314 g/mol. The molecule has 0 spiro atoms. The van der Waals surface area contributed by atoms with E-state index in [9.17, 15) is 4.79 Å². The Kier molecular flexibility index (Phi) is 4.15. The Morgan fingerprint density at radius 1 is 1.53 bits per heavy atom. The van der Waals surface area contributed by atoms with Crippen molar-refractivity contribution < 1.29 is 4.79 Å². The van der Waals surface area contributed by atoms with Crippen LogP contribution in [0.25, 0.3) is 0 Å². The van der Waals surface area contributed by atoms with Crippen molar-refractivity contribution in [2.75, 3.05) is 13.1 Å². The van der Waals surface area contributed by atoms with Crippen molar-refractivity contribution in [2.45, 2.75) is 24.7 Å². The van der Waals surface area contributed by atoms with Crippen LogP contribution in [0.3, 0.4) is 0 Å². The van der Waals surface area contributed by atoms with E-state index in [1.54, 1.807) is 0 Å².